The molecule has 1 amide bonds. The van der Waals surface area contributed by atoms with E-state index in [-0.39, 0.29) is 17.9 Å². The number of nitrogens with zero attached hydrogens (tertiary/aromatic N) is 1. The van der Waals surface area contributed by atoms with E-state index in [9.17, 15) is 9.59 Å². The van der Waals surface area contributed by atoms with Gasteiger partial charge in [-0.25, -0.2) is 4.79 Å². The zero-order valence-electron chi connectivity index (χ0n) is 17.1. The van der Waals surface area contributed by atoms with Crippen LogP contribution in [-0.2, 0) is 9.53 Å². The quantitative estimate of drug-likeness (QED) is 0.511. The van der Waals surface area contributed by atoms with Gasteiger partial charge in [0.1, 0.15) is 5.00 Å². The van der Waals surface area contributed by atoms with E-state index in [2.05, 4.69) is 23.5 Å². The Hall–Kier alpha value is -2.00. The number of rotatable bonds is 4. The highest BCUT2D eigenvalue weighted by Gasteiger charge is 2.33. The summed E-state index contributed by atoms with van der Waals surface area (Å²) in [5, 5.41) is 0.643. The molecule has 152 valence electrons. The molecule has 3 rings (SSSR count). The minimum absolute atomic E-state index is 0.0210. The van der Waals surface area contributed by atoms with Crippen molar-refractivity contribution in [2.24, 2.45) is 17.8 Å². The second kappa shape index (κ2) is 9.00. The lowest BCUT2D eigenvalue weighted by atomic mass is 9.82. The Morgan fingerprint density at radius 3 is 2.43 bits per heavy atom. The Kier molecular flexibility index (Phi) is 6.66. The van der Waals surface area contributed by atoms with Gasteiger partial charge in [-0.3, -0.25) is 9.69 Å². The van der Waals surface area contributed by atoms with Crippen LogP contribution in [0.1, 0.15) is 64.2 Å². The number of ether oxygens (including phenoxy) is 2. The first-order chi connectivity index (χ1) is 13.4. The molecule has 0 bridgehead atoms. The first-order valence-corrected chi connectivity index (χ1v) is 10.9. The summed E-state index contributed by atoms with van der Waals surface area (Å²) in [4.78, 5) is 27.7. The number of hydrogen-bond acceptors (Lipinski definition) is 5. The maximum atomic E-state index is 13.4. The maximum Gasteiger partial charge on any atom is 0.513 e. The summed E-state index contributed by atoms with van der Waals surface area (Å²) in [6.45, 7) is 6.22. The van der Waals surface area contributed by atoms with Gasteiger partial charge in [-0.05, 0) is 58.3 Å². The number of methoxy groups -OCH3 is 1. The zero-order valence-corrected chi connectivity index (χ0v) is 17.9. The molecule has 0 spiro atoms. The van der Waals surface area contributed by atoms with Crippen LogP contribution < -0.4 is 9.64 Å². The molecule has 28 heavy (non-hydrogen) atoms. The summed E-state index contributed by atoms with van der Waals surface area (Å²) in [5.74, 6) is 8.05. The molecule has 0 radical (unpaired) electrons. The van der Waals surface area contributed by atoms with Crippen LogP contribution in [0.25, 0.3) is 0 Å². The highest BCUT2D eigenvalue weighted by molar-refractivity contribution is 7.17. The predicted molar refractivity (Wildman–Crippen MR) is 111 cm³/mol. The van der Waals surface area contributed by atoms with Crippen molar-refractivity contribution < 1.29 is 19.1 Å². The first-order valence-electron chi connectivity index (χ1n) is 10.1. The normalized spacial score (nSPS) is 21.6. The summed E-state index contributed by atoms with van der Waals surface area (Å²) < 4.78 is 10.0. The summed E-state index contributed by atoms with van der Waals surface area (Å²) in [5.41, 5.74) is 0. The van der Waals surface area contributed by atoms with Crippen LogP contribution in [0.15, 0.2) is 6.07 Å². The van der Waals surface area contributed by atoms with Crippen LogP contribution in [0.5, 0.6) is 5.75 Å². The van der Waals surface area contributed by atoms with E-state index in [1.807, 2.05) is 13.8 Å². The van der Waals surface area contributed by atoms with E-state index in [1.165, 1.54) is 18.4 Å². The van der Waals surface area contributed by atoms with Gasteiger partial charge in [0.2, 0.25) is 5.91 Å². The third-order valence-corrected chi connectivity index (χ3v) is 6.39. The molecule has 1 aromatic rings. The molecule has 0 aromatic carbocycles. The lowest BCUT2D eigenvalue weighted by Crippen LogP contribution is -2.42. The molecule has 2 fully saturated rings. The van der Waals surface area contributed by atoms with Gasteiger partial charge >= 0.3 is 6.16 Å². The van der Waals surface area contributed by atoms with Crippen molar-refractivity contribution in [1.29, 1.82) is 0 Å². The number of amides is 1. The molecule has 1 heterocycles. The van der Waals surface area contributed by atoms with Gasteiger partial charge in [0, 0.05) is 23.9 Å². The Labute approximate surface area is 171 Å². The monoisotopic (exact) mass is 403 g/mol. The van der Waals surface area contributed by atoms with Crippen LogP contribution in [0, 0.1) is 29.6 Å². The fourth-order valence-electron chi connectivity index (χ4n) is 3.49. The molecule has 6 heteroatoms. The lowest BCUT2D eigenvalue weighted by Gasteiger charge is -2.33. The minimum Gasteiger partial charge on any atom is -0.437 e. The Morgan fingerprint density at radius 1 is 1.18 bits per heavy atom. The average Bonchev–Trinajstić information content (AvgIpc) is 3.42. The number of hydrogen-bond donors (Lipinski definition) is 0. The molecule has 0 atom stereocenters. The Bertz CT molecular complexity index is 776. The molecule has 5 nitrogen and oxygen atoms in total. The highest BCUT2D eigenvalue weighted by Crippen LogP contribution is 2.41. The van der Waals surface area contributed by atoms with E-state index in [1.54, 1.807) is 11.0 Å². The third-order valence-electron chi connectivity index (χ3n) is 5.35. The predicted octanol–water partition coefficient (Wildman–Crippen LogP) is 5.22. The number of carbonyl (C=O) groups is 2. The number of carbonyl (C=O) groups excluding carboxylic acids is 2. The second-order valence-electron chi connectivity index (χ2n) is 8.14. The van der Waals surface area contributed by atoms with Crippen LogP contribution in [0.4, 0.5) is 9.80 Å². The van der Waals surface area contributed by atoms with Gasteiger partial charge in [0.05, 0.1) is 12.0 Å². The van der Waals surface area contributed by atoms with Gasteiger partial charge in [0.25, 0.3) is 0 Å². The molecule has 1 aromatic heterocycles. The van der Waals surface area contributed by atoms with Crippen molar-refractivity contribution in [3.05, 3.63) is 10.9 Å². The van der Waals surface area contributed by atoms with E-state index in [0.29, 0.717) is 22.6 Å². The molecule has 0 unspecified atom stereocenters. The molecule has 0 aliphatic heterocycles. The van der Waals surface area contributed by atoms with E-state index in [0.717, 1.165) is 43.4 Å². The molecule has 2 aliphatic carbocycles. The van der Waals surface area contributed by atoms with Crippen molar-refractivity contribution in [2.45, 2.75) is 65.3 Å². The molecule has 0 saturated heterocycles. The van der Waals surface area contributed by atoms with Crippen molar-refractivity contribution in [3.8, 4) is 17.6 Å². The smallest absolute Gasteiger partial charge is 0.437 e. The summed E-state index contributed by atoms with van der Waals surface area (Å²) >= 11 is 1.41. The Balaban J connectivity index is 1.90. The number of anilines is 1. The van der Waals surface area contributed by atoms with Gasteiger partial charge in [-0.1, -0.05) is 18.8 Å². The van der Waals surface area contributed by atoms with Crippen LogP contribution >= 0.6 is 11.3 Å². The van der Waals surface area contributed by atoms with Gasteiger partial charge in [-0.15, -0.1) is 11.3 Å². The lowest BCUT2D eigenvalue weighted by molar-refractivity contribution is -0.123. The van der Waals surface area contributed by atoms with E-state index in [4.69, 9.17) is 4.74 Å². The largest absolute Gasteiger partial charge is 0.513 e. The molecule has 0 N–H and O–H groups in total. The standard InChI is InChI=1S/C22H29NO4S/c1-14(2)23(20(24)17-10-5-15(3)6-11-17)21-19(27-22(25)26-4)13-18(28-21)12-9-16-7-8-16/h13-17H,5-8,10-11H2,1-4H3/t15-,17-. The minimum atomic E-state index is -0.789. The third kappa shape index (κ3) is 5.08. The number of thiophene rings is 1. The fraction of sp³-hybridized carbons (Fsp3) is 0.636. The Morgan fingerprint density at radius 2 is 1.86 bits per heavy atom. The molecule has 2 saturated carbocycles. The summed E-state index contributed by atoms with van der Waals surface area (Å²) in [7, 11) is 1.27. The van der Waals surface area contributed by atoms with Crippen molar-refractivity contribution in [1.82, 2.24) is 0 Å². The SMILES string of the molecule is COC(=O)Oc1cc(C#CC2CC2)sc1N(C(=O)[C@H]1CC[C@H](C)CC1)C(C)C. The summed E-state index contributed by atoms with van der Waals surface area (Å²) in [6.07, 6.45) is 5.49. The second-order valence-corrected chi connectivity index (χ2v) is 9.17. The van der Waals surface area contributed by atoms with Gasteiger partial charge in [-0.2, -0.15) is 0 Å². The fourth-order valence-corrected chi connectivity index (χ4v) is 4.58. The topological polar surface area (TPSA) is 55.8 Å². The zero-order chi connectivity index (χ0) is 20.3. The molecular formula is C22H29NO4S. The van der Waals surface area contributed by atoms with Crippen molar-refractivity contribution >= 4 is 28.4 Å². The van der Waals surface area contributed by atoms with Crippen molar-refractivity contribution in [3.63, 3.8) is 0 Å². The molecular weight excluding hydrogens is 374 g/mol. The van der Waals surface area contributed by atoms with E-state index < -0.39 is 6.16 Å². The first kappa shape index (κ1) is 20.7. The van der Waals surface area contributed by atoms with Crippen molar-refractivity contribution in [2.75, 3.05) is 12.0 Å². The maximum absolute atomic E-state index is 13.4. The summed E-state index contributed by atoms with van der Waals surface area (Å²) in [6, 6.07) is 1.70. The molecule has 2 aliphatic rings. The van der Waals surface area contributed by atoms with Gasteiger partial charge in [0.15, 0.2) is 5.75 Å². The highest BCUT2D eigenvalue weighted by atomic mass is 32.1. The van der Waals surface area contributed by atoms with Crippen LogP contribution in [0.2, 0.25) is 0 Å². The van der Waals surface area contributed by atoms with Crippen LogP contribution in [0.3, 0.4) is 0 Å². The van der Waals surface area contributed by atoms with Crippen LogP contribution in [-0.4, -0.2) is 25.2 Å². The average molecular weight is 404 g/mol. The van der Waals surface area contributed by atoms with E-state index >= 15 is 0 Å². The van der Waals surface area contributed by atoms with Gasteiger partial charge < -0.3 is 9.47 Å².